The number of ether oxygens (including phenoxy) is 2. The smallest absolute Gasteiger partial charge is 0.281 e. The van der Waals surface area contributed by atoms with Crippen molar-refractivity contribution in [1.29, 1.82) is 0 Å². The zero-order chi connectivity index (χ0) is 27.3. The van der Waals surface area contributed by atoms with Crippen LogP contribution in [-0.2, 0) is 14.8 Å². The molecule has 0 bridgehead atoms. The summed E-state index contributed by atoms with van der Waals surface area (Å²) in [6, 6.07) is 11.0. The van der Waals surface area contributed by atoms with E-state index in [0.29, 0.717) is 43.0 Å². The maximum atomic E-state index is 13.3. The molecule has 4 rings (SSSR count). The van der Waals surface area contributed by atoms with Crippen LogP contribution in [0.2, 0.25) is 0 Å². The number of carbonyl (C=O) groups is 1. The van der Waals surface area contributed by atoms with Crippen molar-refractivity contribution in [1.82, 2.24) is 19.7 Å². The standard InChI is InChI=1S/C26H32N6O5S/c1-17(2)37-23-10-7-19(15-28-23)21-9-8-20(25(29-21)32-13-11-18(12-14-32)16-36-3)26(33)31-38(34,35)24-6-4-5-22(27)30-24/h4-10,15,17-18H,11-14,16H2,1-3H3,(H2,27,30)(H,31,33). The summed E-state index contributed by atoms with van der Waals surface area (Å²) in [5.41, 5.74) is 7.10. The molecule has 0 aliphatic carbocycles. The molecule has 4 heterocycles. The molecular formula is C26H32N6O5S. The van der Waals surface area contributed by atoms with Gasteiger partial charge in [0.15, 0.2) is 5.03 Å². The molecule has 38 heavy (non-hydrogen) atoms. The van der Waals surface area contributed by atoms with Gasteiger partial charge >= 0.3 is 0 Å². The zero-order valence-electron chi connectivity index (χ0n) is 21.6. The van der Waals surface area contributed by atoms with Gasteiger partial charge in [-0.2, -0.15) is 8.42 Å². The highest BCUT2D eigenvalue weighted by Crippen LogP contribution is 2.29. The molecule has 1 saturated heterocycles. The van der Waals surface area contributed by atoms with Crippen LogP contribution in [0.1, 0.15) is 37.0 Å². The molecule has 0 unspecified atom stereocenters. The Balaban J connectivity index is 1.65. The van der Waals surface area contributed by atoms with Gasteiger partial charge in [-0.3, -0.25) is 4.79 Å². The number of hydrogen-bond donors (Lipinski definition) is 2. The third-order valence-corrected chi connectivity index (χ3v) is 7.30. The van der Waals surface area contributed by atoms with Gasteiger partial charge in [0.25, 0.3) is 15.9 Å². The van der Waals surface area contributed by atoms with Crippen LogP contribution in [0, 0.1) is 5.92 Å². The first-order chi connectivity index (χ1) is 18.2. The van der Waals surface area contributed by atoms with Crippen molar-refractivity contribution >= 4 is 27.6 Å². The van der Waals surface area contributed by atoms with Crippen LogP contribution in [-0.4, -0.2) is 62.2 Å². The number of carbonyl (C=O) groups excluding carboxylic acids is 1. The topological polar surface area (TPSA) is 150 Å². The summed E-state index contributed by atoms with van der Waals surface area (Å²) in [6.07, 6.45) is 3.37. The lowest BCUT2D eigenvalue weighted by Gasteiger charge is -2.33. The predicted octanol–water partition coefficient (Wildman–Crippen LogP) is 2.89. The second kappa shape index (κ2) is 11.7. The summed E-state index contributed by atoms with van der Waals surface area (Å²) in [5, 5.41) is -0.341. The lowest BCUT2D eigenvalue weighted by atomic mass is 9.97. The van der Waals surface area contributed by atoms with Crippen molar-refractivity contribution in [3.05, 3.63) is 54.2 Å². The van der Waals surface area contributed by atoms with Crippen LogP contribution in [0.5, 0.6) is 5.88 Å². The van der Waals surface area contributed by atoms with Gasteiger partial charge in [-0.1, -0.05) is 6.07 Å². The maximum Gasteiger partial charge on any atom is 0.281 e. The van der Waals surface area contributed by atoms with Gasteiger partial charge in [0.1, 0.15) is 11.6 Å². The number of piperidine rings is 1. The van der Waals surface area contributed by atoms with Crippen molar-refractivity contribution in [3.8, 4) is 17.1 Å². The van der Waals surface area contributed by atoms with E-state index in [4.69, 9.17) is 20.2 Å². The number of anilines is 2. The first-order valence-electron chi connectivity index (χ1n) is 12.3. The molecule has 11 nitrogen and oxygen atoms in total. The highest BCUT2D eigenvalue weighted by molar-refractivity contribution is 7.90. The van der Waals surface area contributed by atoms with Gasteiger partial charge in [-0.25, -0.2) is 19.7 Å². The lowest BCUT2D eigenvalue weighted by molar-refractivity contribution is 0.0981. The fraction of sp³-hybridized carbons (Fsp3) is 0.385. The number of nitrogens with zero attached hydrogens (tertiary/aromatic N) is 4. The molecule has 12 heteroatoms. The van der Waals surface area contributed by atoms with Gasteiger partial charge in [-0.15, -0.1) is 0 Å². The molecule has 0 radical (unpaired) electrons. The molecule has 0 atom stereocenters. The average molecular weight is 541 g/mol. The van der Waals surface area contributed by atoms with Crippen LogP contribution in [0.25, 0.3) is 11.3 Å². The van der Waals surface area contributed by atoms with E-state index >= 15 is 0 Å². The first kappa shape index (κ1) is 27.3. The highest BCUT2D eigenvalue weighted by Gasteiger charge is 2.27. The van der Waals surface area contributed by atoms with E-state index in [2.05, 4.69) is 14.7 Å². The maximum absolute atomic E-state index is 13.3. The average Bonchev–Trinajstić information content (AvgIpc) is 2.89. The quantitative estimate of drug-likeness (QED) is 0.415. The number of pyridine rings is 3. The van der Waals surface area contributed by atoms with Gasteiger partial charge in [0, 0.05) is 44.6 Å². The number of nitrogens with two attached hydrogens (primary N) is 1. The molecule has 1 fully saturated rings. The fourth-order valence-corrected chi connectivity index (χ4v) is 5.17. The van der Waals surface area contributed by atoms with E-state index in [9.17, 15) is 13.2 Å². The van der Waals surface area contributed by atoms with Crippen LogP contribution in [0.3, 0.4) is 0 Å². The number of nitrogen functional groups attached to an aromatic ring is 1. The number of amides is 1. The predicted molar refractivity (Wildman–Crippen MR) is 143 cm³/mol. The van der Waals surface area contributed by atoms with Crippen molar-refractivity contribution in [3.63, 3.8) is 0 Å². The Hall–Kier alpha value is -3.77. The van der Waals surface area contributed by atoms with Crippen LogP contribution >= 0.6 is 0 Å². The van der Waals surface area contributed by atoms with Crippen molar-refractivity contribution < 1.29 is 22.7 Å². The molecule has 3 aromatic rings. The number of rotatable bonds is 9. The summed E-state index contributed by atoms with van der Waals surface area (Å²) < 4.78 is 38.7. The number of hydrogen-bond acceptors (Lipinski definition) is 10. The van der Waals surface area contributed by atoms with Gasteiger partial charge < -0.3 is 20.1 Å². The second-order valence-electron chi connectivity index (χ2n) is 9.34. The van der Waals surface area contributed by atoms with Crippen molar-refractivity contribution in [2.45, 2.75) is 37.8 Å². The lowest BCUT2D eigenvalue weighted by Crippen LogP contribution is -2.38. The molecule has 0 spiro atoms. The number of sulfonamides is 1. The van der Waals surface area contributed by atoms with Gasteiger partial charge in [-0.05, 0) is 62.9 Å². The minimum absolute atomic E-state index is 0.00397. The van der Waals surface area contributed by atoms with E-state index in [1.54, 1.807) is 31.5 Å². The molecule has 0 saturated carbocycles. The van der Waals surface area contributed by atoms with E-state index < -0.39 is 15.9 Å². The molecule has 3 N–H and O–H groups in total. The summed E-state index contributed by atoms with van der Waals surface area (Å²) in [6.45, 7) is 5.80. The minimum Gasteiger partial charge on any atom is -0.475 e. The van der Waals surface area contributed by atoms with E-state index in [1.807, 2.05) is 24.8 Å². The molecule has 202 valence electrons. The van der Waals surface area contributed by atoms with Crippen LogP contribution < -0.4 is 20.1 Å². The van der Waals surface area contributed by atoms with E-state index in [0.717, 1.165) is 18.4 Å². The van der Waals surface area contributed by atoms with Gasteiger partial charge in [0.05, 0.1) is 17.4 Å². The summed E-state index contributed by atoms with van der Waals surface area (Å²) in [5.74, 6) is 0.532. The fourth-order valence-electron chi connectivity index (χ4n) is 4.23. The Bertz CT molecular complexity index is 1370. The van der Waals surface area contributed by atoms with Crippen molar-refractivity contribution in [2.24, 2.45) is 5.92 Å². The Kier molecular flexibility index (Phi) is 8.42. The normalized spacial score (nSPS) is 14.5. The first-order valence-corrected chi connectivity index (χ1v) is 13.8. The summed E-state index contributed by atoms with van der Waals surface area (Å²) in [4.78, 5) is 28.2. The molecule has 1 aliphatic heterocycles. The number of methoxy groups -OCH3 is 1. The molecule has 1 amide bonds. The summed E-state index contributed by atoms with van der Waals surface area (Å²) in [7, 11) is -2.57. The third-order valence-electron chi connectivity index (χ3n) is 6.07. The Morgan fingerprint density at radius 2 is 1.89 bits per heavy atom. The summed E-state index contributed by atoms with van der Waals surface area (Å²) >= 11 is 0. The Morgan fingerprint density at radius 1 is 1.13 bits per heavy atom. The van der Waals surface area contributed by atoms with Crippen molar-refractivity contribution in [2.75, 3.05) is 37.4 Å². The number of aromatic nitrogens is 3. The molecule has 1 aliphatic rings. The van der Waals surface area contributed by atoms with E-state index in [-0.39, 0.29) is 22.5 Å². The SMILES string of the molecule is COCC1CCN(c2nc(-c3ccc(OC(C)C)nc3)ccc2C(=O)NS(=O)(=O)c2cccc(N)n2)CC1. The number of nitrogens with one attached hydrogen (secondary N) is 1. The Morgan fingerprint density at radius 3 is 2.53 bits per heavy atom. The Labute approximate surface area is 222 Å². The highest BCUT2D eigenvalue weighted by atomic mass is 32.2. The molecule has 3 aromatic heterocycles. The second-order valence-corrected chi connectivity index (χ2v) is 11.0. The van der Waals surface area contributed by atoms with Gasteiger partial charge in [0.2, 0.25) is 5.88 Å². The largest absolute Gasteiger partial charge is 0.475 e. The monoisotopic (exact) mass is 540 g/mol. The van der Waals surface area contributed by atoms with Crippen LogP contribution in [0.4, 0.5) is 11.6 Å². The molecular weight excluding hydrogens is 508 g/mol. The van der Waals surface area contributed by atoms with E-state index in [1.165, 1.54) is 18.2 Å². The van der Waals surface area contributed by atoms with Crippen LogP contribution in [0.15, 0.2) is 53.7 Å². The minimum atomic E-state index is -4.25. The molecule has 0 aromatic carbocycles. The zero-order valence-corrected chi connectivity index (χ0v) is 22.4. The third kappa shape index (κ3) is 6.56.